The molecular formula is C13H21OP. The zero-order valence-electron chi connectivity index (χ0n) is 10.4. The van der Waals surface area contributed by atoms with Crippen molar-refractivity contribution in [2.45, 2.75) is 27.2 Å². The van der Waals surface area contributed by atoms with Gasteiger partial charge in [0.15, 0.2) is 0 Å². The van der Waals surface area contributed by atoms with Crippen LogP contribution in [0.2, 0.25) is 0 Å². The van der Waals surface area contributed by atoms with Crippen LogP contribution in [0.3, 0.4) is 0 Å². The van der Waals surface area contributed by atoms with Gasteiger partial charge in [-0.2, -0.15) is 0 Å². The van der Waals surface area contributed by atoms with Crippen LogP contribution in [0.1, 0.15) is 26.3 Å². The van der Waals surface area contributed by atoms with Crippen molar-refractivity contribution >= 4 is 12.4 Å². The van der Waals surface area contributed by atoms with Crippen LogP contribution in [0, 0.1) is 5.41 Å². The molecule has 0 aromatic heterocycles. The number of benzene rings is 1. The van der Waals surface area contributed by atoms with Crippen LogP contribution >= 0.6 is 7.14 Å². The molecule has 84 valence electrons. The lowest BCUT2D eigenvalue weighted by atomic mass is 9.88. The van der Waals surface area contributed by atoms with E-state index in [0.717, 1.165) is 11.7 Å². The third-order valence-electron chi connectivity index (χ3n) is 2.29. The summed E-state index contributed by atoms with van der Waals surface area (Å²) in [6.07, 6.45) is 1.06. The third-order valence-corrected chi connectivity index (χ3v) is 3.83. The maximum atomic E-state index is 11.8. The summed E-state index contributed by atoms with van der Waals surface area (Å²) >= 11 is 0. The molecule has 2 heteroatoms. The van der Waals surface area contributed by atoms with Gasteiger partial charge in [0, 0.05) is 5.30 Å². The zero-order chi connectivity index (χ0) is 11.7. The molecule has 0 saturated carbocycles. The summed E-state index contributed by atoms with van der Waals surface area (Å²) in [5.41, 5.74) is 1.63. The van der Waals surface area contributed by atoms with Crippen molar-refractivity contribution in [3.05, 3.63) is 29.8 Å². The van der Waals surface area contributed by atoms with E-state index in [-0.39, 0.29) is 0 Å². The van der Waals surface area contributed by atoms with Crippen molar-refractivity contribution in [3.63, 3.8) is 0 Å². The van der Waals surface area contributed by atoms with E-state index in [1.165, 1.54) is 5.56 Å². The monoisotopic (exact) mass is 224 g/mol. The minimum Gasteiger partial charge on any atom is -0.319 e. The van der Waals surface area contributed by atoms with Gasteiger partial charge in [-0.3, -0.25) is 0 Å². The van der Waals surface area contributed by atoms with Crippen LogP contribution in [-0.4, -0.2) is 13.3 Å². The normalized spacial score (nSPS) is 12.9. The fraction of sp³-hybridized carbons (Fsp3) is 0.538. The summed E-state index contributed by atoms with van der Waals surface area (Å²) in [7, 11) is -2.09. The lowest BCUT2D eigenvalue weighted by Crippen LogP contribution is -2.10. The second-order valence-corrected chi connectivity index (χ2v) is 8.97. The maximum absolute atomic E-state index is 11.8. The van der Waals surface area contributed by atoms with Gasteiger partial charge in [0.2, 0.25) is 0 Å². The molecule has 1 nitrogen and oxygen atoms in total. The molecule has 0 N–H and O–H groups in total. The number of rotatable bonds is 2. The van der Waals surface area contributed by atoms with Crippen LogP contribution in [-0.2, 0) is 11.0 Å². The molecule has 0 aliphatic rings. The Bertz CT molecular complexity index is 365. The van der Waals surface area contributed by atoms with E-state index in [2.05, 4.69) is 32.9 Å². The van der Waals surface area contributed by atoms with Crippen molar-refractivity contribution in [3.8, 4) is 0 Å². The zero-order valence-corrected chi connectivity index (χ0v) is 11.3. The Labute approximate surface area is 93.3 Å². The van der Waals surface area contributed by atoms with Gasteiger partial charge in [0.1, 0.15) is 7.14 Å². The van der Waals surface area contributed by atoms with Gasteiger partial charge in [-0.1, -0.05) is 45.0 Å². The van der Waals surface area contributed by atoms with Crippen molar-refractivity contribution in [2.75, 3.05) is 13.3 Å². The first-order valence-electron chi connectivity index (χ1n) is 5.33. The van der Waals surface area contributed by atoms with E-state index in [1.807, 2.05) is 25.5 Å². The summed E-state index contributed by atoms with van der Waals surface area (Å²) in [6.45, 7) is 10.3. The van der Waals surface area contributed by atoms with Crippen LogP contribution in [0.25, 0.3) is 0 Å². The molecule has 0 aliphatic carbocycles. The smallest absolute Gasteiger partial charge is 0.109 e. The molecule has 1 rings (SSSR count). The SMILES string of the molecule is CC(C)(C)Cc1ccc(P(C)(C)=O)cc1. The highest BCUT2D eigenvalue weighted by Gasteiger charge is 2.13. The summed E-state index contributed by atoms with van der Waals surface area (Å²) in [6, 6.07) is 8.20. The molecule has 1 aromatic rings. The molecule has 0 unspecified atom stereocenters. The minimum atomic E-state index is -2.09. The molecule has 1 aromatic carbocycles. The Kier molecular flexibility index (Phi) is 3.45. The Hall–Kier alpha value is -0.550. The minimum absolute atomic E-state index is 0.309. The average Bonchev–Trinajstić information content (AvgIpc) is 2.00. The van der Waals surface area contributed by atoms with Crippen LogP contribution in [0.15, 0.2) is 24.3 Å². The number of hydrogen-bond donors (Lipinski definition) is 0. The molecule has 0 aliphatic heterocycles. The second-order valence-electron chi connectivity index (χ2n) is 5.75. The van der Waals surface area contributed by atoms with E-state index in [1.54, 1.807) is 0 Å². The third kappa shape index (κ3) is 4.22. The molecule has 0 atom stereocenters. The predicted molar refractivity (Wildman–Crippen MR) is 68.7 cm³/mol. The summed E-state index contributed by atoms with van der Waals surface area (Å²) < 4.78 is 11.8. The predicted octanol–water partition coefficient (Wildman–Crippen LogP) is 3.52. The largest absolute Gasteiger partial charge is 0.319 e. The standard InChI is InChI=1S/C13H21OP/c1-13(2,3)10-11-6-8-12(9-7-11)15(4,5)14/h6-9H,10H2,1-5H3. The van der Waals surface area contributed by atoms with Crippen molar-refractivity contribution in [2.24, 2.45) is 5.41 Å². The van der Waals surface area contributed by atoms with Crippen molar-refractivity contribution < 1.29 is 4.57 Å². The summed E-state index contributed by atoms with van der Waals surface area (Å²) in [5, 5.41) is 0.972. The first kappa shape index (κ1) is 12.5. The van der Waals surface area contributed by atoms with Gasteiger partial charge < -0.3 is 4.57 Å². The van der Waals surface area contributed by atoms with Crippen molar-refractivity contribution in [1.82, 2.24) is 0 Å². The van der Waals surface area contributed by atoms with Gasteiger partial charge in [-0.25, -0.2) is 0 Å². The van der Waals surface area contributed by atoms with Gasteiger partial charge in [-0.05, 0) is 30.7 Å². The van der Waals surface area contributed by atoms with Gasteiger partial charge in [0.05, 0.1) is 0 Å². The van der Waals surface area contributed by atoms with E-state index < -0.39 is 7.14 Å². The highest BCUT2D eigenvalue weighted by Crippen LogP contribution is 2.34. The molecule has 0 saturated heterocycles. The molecule has 0 fully saturated rings. The topological polar surface area (TPSA) is 17.1 Å². The summed E-state index contributed by atoms with van der Waals surface area (Å²) in [5.74, 6) is 0. The first-order chi connectivity index (χ1) is 6.68. The van der Waals surface area contributed by atoms with E-state index in [0.29, 0.717) is 5.41 Å². The highest BCUT2D eigenvalue weighted by molar-refractivity contribution is 7.70. The second kappa shape index (κ2) is 4.14. The Morgan fingerprint density at radius 3 is 1.87 bits per heavy atom. The summed E-state index contributed by atoms with van der Waals surface area (Å²) in [4.78, 5) is 0. The van der Waals surface area contributed by atoms with Gasteiger partial charge >= 0.3 is 0 Å². The fourth-order valence-electron chi connectivity index (χ4n) is 1.59. The quantitative estimate of drug-likeness (QED) is 0.702. The highest BCUT2D eigenvalue weighted by atomic mass is 31.2. The Morgan fingerprint density at radius 1 is 1.07 bits per heavy atom. The van der Waals surface area contributed by atoms with E-state index in [4.69, 9.17) is 0 Å². The van der Waals surface area contributed by atoms with Crippen LogP contribution < -0.4 is 5.30 Å². The lowest BCUT2D eigenvalue weighted by molar-refractivity contribution is 0.411. The molecule has 0 bridgehead atoms. The number of hydrogen-bond acceptors (Lipinski definition) is 1. The maximum Gasteiger partial charge on any atom is 0.109 e. The van der Waals surface area contributed by atoms with E-state index >= 15 is 0 Å². The van der Waals surface area contributed by atoms with E-state index in [9.17, 15) is 4.57 Å². The van der Waals surface area contributed by atoms with Gasteiger partial charge in [0.25, 0.3) is 0 Å². The Balaban J connectivity index is 2.87. The molecule has 0 heterocycles. The molecule has 0 radical (unpaired) electrons. The molecular weight excluding hydrogens is 203 g/mol. The lowest BCUT2D eigenvalue weighted by Gasteiger charge is -2.18. The molecule has 15 heavy (non-hydrogen) atoms. The van der Waals surface area contributed by atoms with Crippen LogP contribution in [0.4, 0.5) is 0 Å². The van der Waals surface area contributed by atoms with Crippen molar-refractivity contribution in [1.29, 1.82) is 0 Å². The average molecular weight is 224 g/mol. The molecule has 0 amide bonds. The van der Waals surface area contributed by atoms with Gasteiger partial charge in [-0.15, -0.1) is 0 Å². The first-order valence-corrected chi connectivity index (χ1v) is 7.93. The fourth-order valence-corrected chi connectivity index (χ4v) is 2.45. The Morgan fingerprint density at radius 2 is 1.53 bits per heavy atom. The van der Waals surface area contributed by atoms with Crippen LogP contribution in [0.5, 0.6) is 0 Å². The molecule has 0 spiro atoms.